The van der Waals surface area contributed by atoms with E-state index in [2.05, 4.69) is 0 Å². The number of benzene rings is 1. The lowest BCUT2D eigenvalue weighted by Crippen LogP contribution is -2.00. The van der Waals surface area contributed by atoms with Crippen LogP contribution in [0.2, 0.25) is 0 Å². The Morgan fingerprint density at radius 2 is 2.29 bits per heavy atom. The lowest BCUT2D eigenvalue weighted by atomic mass is 10.0. The van der Waals surface area contributed by atoms with Crippen LogP contribution in [-0.4, -0.2) is 16.6 Å². The standard InChI is InChI=1S/C9H10FNO3/c1-6(5-12)7-2-3-9(11(13)14)8(10)4-7/h2-4,6,12H,5H2,1H3. The average Bonchev–Trinajstić information content (AvgIpc) is 2.15. The molecule has 0 saturated carbocycles. The van der Waals surface area contributed by atoms with Crippen LogP contribution in [0, 0.1) is 15.9 Å². The van der Waals surface area contributed by atoms with Gasteiger partial charge in [-0.25, -0.2) is 0 Å². The summed E-state index contributed by atoms with van der Waals surface area (Å²) in [6.45, 7) is 1.60. The van der Waals surface area contributed by atoms with Gasteiger partial charge in [0.2, 0.25) is 5.82 Å². The molecule has 0 aliphatic heterocycles. The summed E-state index contributed by atoms with van der Waals surface area (Å²) in [4.78, 5) is 9.51. The molecule has 0 amide bonds. The number of hydrogen-bond donors (Lipinski definition) is 1. The minimum Gasteiger partial charge on any atom is -0.396 e. The minimum absolute atomic E-state index is 0.114. The van der Waals surface area contributed by atoms with Crippen molar-refractivity contribution in [2.24, 2.45) is 0 Å². The first-order chi connectivity index (χ1) is 6.56. The second kappa shape index (κ2) is 4.15. The number of rotatable bonds is 3. The summed E-state index contributed by atoms with van der Waals surface area (Å²) in [5, 5.41) is 19.1. The summed E-state index contributed by atoms with van der Waals surface area (Å²) in [7, 11) is 0. The van der Waals surface area contributed by atoms with Gasteiger partial charge in [-0.05, 0) is 11.6 Å². The first-order valence-electron chi connectivity index (χ1n) is 4.11. The van der Waals surface area contributed by atoms with Gasteiger partial charge in [-0.1, -0.05) is 13.0 Å². The lowest BCUT2D eigenvalue weighted by molar-refractivity contribution is -0.387. The van der Waals surface area contributed by atoms with Crippen LogP contribution in [0.5, 0.6) is 0 Å². The Bertz CT molecular complexity index is 354. The molecule has 0 aliphatic rings. The van der Waals surface area contributed by atoms with E-state index in [1.54, 1.807) is 6.92 Å². The highest BCUT2D eigenvalue weighted by Gasteiger charge is 2.15. The van der Waals surface area contributed by atoms with Gasteiger partial charge in [0, 0.05) is 18.6 Å². The largest absolute Gasteiger partial charge is 0.396 e. The highest BCUT2D eigenvalue weighted by atomic mass is 19.1. The number of hydrogen-bond acceptors (Lipinski definition) is 3. The van der Waals surface area contributed by atoms with Crippen LogP contribution in [0.25, 0.3) is 0 Å². The molecular weight excluding hydrogens is 189 g/mol. The first-order valence-corrected chi connectivity index (χ1v) is 4.11. The Morgan fingerprint density at radius 1 is 1.64 bits per heavy atom. The predicted octanol–water partition coefficient (Wildman–Crippen LogP) is 1.83. The van der Waals surface area contributed by atoms with Crippen molar-refractivity contribution in [1.82, 2.24) is 0 Å². The van der Waals surface area contributed by atoms with Gasteiger partial charge in [-0.3, -0.25) is 10.1 Å². The van der Waals surface area contributed by atoms with Gasteiger partial charge in [-0.2, -0.15) is 4.39 Å². The molecule has 0 bridgehead atoms. The quantitative estimate of drug-likeness (QED) is 0.596. The SMILES string of the molecule is CC(CO)c1ccc([N+](=O)[O-])c(F)c1. The summed E-state index contributed by atoms with van der Waals surface area (Å²) in [6, 6.07) is 3.64. The predicted molar refractivity (Wildman–Crippen MR) is 48.6 cm³/mol. The molecule has 0 aliphatic carbocycles. The molecule has 14 heavy (non-hydrogen) atoms. The van der Waals surface area contributed by atoms with E-state index in [0.717, 1.165) is 12.1 Å². The molecule has 0 fully saturated rings. The second-order valence-corrected chi connectivity index (χ2v) is 3.05. The number of aliphatic hydroxyl groups excluding tert-OH is 1. The molecule has 76 valence electrons. The third kappa shape index (κ3) is 2.05. The maximum Gasteiger partial charge on any atom is 0.304 e. The Balaban J connectivity index is 3.06. The van der Waals surface area contributed by atoms with Gasteiger partial charge in [-0.15, -0.1) is 0 Å². The highest BCUT2D eigenvalue weighted by molar-refractivity contribution is 5.36. The molecule has 1 aromatic rings. The van der Waals surface area contributed by atoms with E-state index in [9.17, 15) is 14.5 Å². The Labute approximate surface area is 80.1 Å². The monoisotopic (exact) mass is 199 g/mol. The number of halogens is 1. The van der Waals surface area contributed by atoms with Gasteiger partial charge in [0.1, 0.15) is 0 Å². The number of nitro benzene ring substituents is 1. The van der Waals surface area contributed by atoms with E-state index in [1.807, 2.05) is 0 Å². The van der Waals surface area contributed by atoms with Gasteiger partial charge >= 0.3 is 5.69 Å². The molecule has 1 N–H and O–H groups in total. The van der Waals surface area contributed by atoms with Crippen molar-refractivity contribution in [3.63, 3.8) is 0 Å². The fourth-order valence-electron chi connectivity index (χ4n) is 1.08. The van der Waals surface area contributed by atoms with Crippen LogP contribution < -0.4 is 0 Å². The number of nitro groups is 1. The lowest BCUT2D eigenvalue weighted by Gasteiger charge is -2.07. The van der Waals surface area contributed by atoms with Crippen molar-refractivity contribution in [3.05, 3.63) is 39.7 Å². The molecule has 0 saturated heterocycles. The van der Waals surface area contributed by atoms with Gasteiger partial charge < -0.3 is 5.11 Å². The fraction of sp³-hybridized carbons (Fsp3) is 0.333. The van der Waals surface area contributed by atoms with E-state index in [1.165, 1.54) is 6.07 Å². The van der Waals surface area contributed by atoms with E-state index in [4.69, 9.17) is 5.11 Å². The molecule has 1 aromatic carbocycles. The number of aliphatic hydroxyl groups is 1. The van der Waals surface area contributed by atoms with Crippen molar-refractivity contribution in [2.75, 3.05) is 6.61 Å². The van der Waals surface area contributed by atoms with E-state index in [-0.39, 0.29) is 12.5 Å². The molecule has 1 atom stereocenters. The molecule has 0 aromatic heterocycles. The molecule has 4 nitrogen and oxygen atoms in total. The normalized spacial score (nSPS) is 12.5. The highest BCUT2D eigenvalue weighted by Crippen LogP contribution is 2.22. The molecule has 0 heterocycles. The van der Waals surface area contributed by atoms with Gasteiger partial charge in [0.05, 0.1) is 4.92 Å². The molecule has 0 spiro atoms. The summed E-state index contributed by atoms with van der Waals surface area (Å²) >= 11 is 0. The van der Waals surface area contributed by atoms with Crippen molar-refractivity contribution >= 4 is 5.69 Å². The Kier molecular flexibility index (Phi) is 3.14. The Hall–Kier alpha value is -1.49. The third-order valence-electron chi connectivity index (χ3n) is 2.01. The number of nitrogens with zero attached hydrogens (tertiary/aromatic N) is 1. The van der Waals surface area contributed by atoms with E-state index >= 15 is 0 Å². The van der Waals surface area contributed by atoms with Gasteiger partial charge in [0.25, 0.3) is 0 Å². The minimum atomic E-state index is -0.868. The fourth-order valence-corrected chi connectivity index (χ4v) is 1.08. The maximum absolute atomic E-state index is 13.1. The van der Waals surface area contributed by atoms with Crippen molar-refractivity contribution < 1.29 is 14.4 Å². The third-order valence-corrected chi connectivity index (χ3v) is 2.01. The second-order valence-electron chi connectivity index (χ2n) is 3.05. The molecule has 1 unspecified atom stereocenters. The zero-order valence-corrected chi connectivity index (χ0v) is 7.61. The molecule has 5 heteroatoms. The van der Waals surface area contributed by atoms with Crippen molar-refractivity contribution in [3.8, 4) is 0 Å². The summed E-state index contributed by atoms with van der Waals surface area (Å²) in [5.74, 6) is -1.09. The summed E-state index contributed by atoms with van der Waals surface area (Å²) in [5.41, 5.74) is 0.00879. The van der Waals surface area contributed by atoms with Crippen LogP contribution in [0.4, 0.5) is 10.1 Å². The molecular formula is C9H10FNO3. The summed E-state index contributed by atoms with van der Waals surface area (Å²) in [6.07, 6.45) is 0. The van der Waals surface area contributed by atoms with Crippen molar-refractivity contribution in [2.45, 2.75) is 12.8 Å². The van der Waals surface area contributed by atoms with Crippen molar-refractivity contribution in [1.29, 1.82) is 0 Å². The molecule has 0 radical (unpaired) electrons. The first kappa shape index (κ1) is 10.6. The summed E-state index contributed by atoms with van der Waals surface area (Å²) < 4.78 is 13.1. The average molecular weight is 199 g/mol. The van der Waals surface area contributed by atoms with Crippen LogP contribution in [0.3, 0.4) is 0 Å². The van der Waals surface area contributed by atoms with E-state index < -0.39 is 16.4 Å². The molecule has 1 rings (SSSR count). The maximum atomic E-state index is 13.1. The topological polar surface area (TPSA) is 63.4 Å². The zero-order valence-electron chi connectivity index (χ0n) is 7.61. The zero-order chi connectivity index (χ0) is 10.7. The van der Waals surface area contributed by atoms with E-state index in [0.29, 0.717) is 5.56 Å². The van der Waals surface area contributed by atoms with Crippen LogP contribution in [0.15, 0.2) is 18.2 Å². The van der Waals surface area contributed by atoms with Gasteiger partial charge in [0.15, 0.2) is 0 Å². The van der Waals surface area contributed by atoms with Crippen LogP contribution in [0.1, 0.15) is 18.4 Å². The smallest absolute Gasteiger partial charge is 0.304 e. The van der Waals surface area contributed by atoms with Crippen LogP contribution >= 0.6 is 0 Å². The van der Waals surface area contributed by atoms with Crippen LogP contribution in [-0.2, 0) is 0 Å². The Morgan fingerprint density at radius 3 is 2.71 bits per heavy atom.